The van der Waals surface area contributed by atoms with E-state index in [4.69, 9.17) is 10.8 Å². The standard InChI is InChI=1S/C12H24N2O3/c1-5-7(3)9(13)11(15)14-10(12(16)17)8(4)6-2/h7-10H,5-6,13H2,1-4H3,(H,14,15)(H,16,17)/t7-,8?,9-,10-/m0/s1. The first-order valence-electron chi connectivity index (χ1n) is 6.13. The highest BCUT2D eigenvalue weighted by Crippen LogP contribution is 2.10. The van der Waals surface area contributed by atoms with Gasteiger partial charge in [0, 0.05) is 0 Å². The van der Waals surface area contributed by atoms with Crippen LogP contribution in [0.25, 0.3) is 0 Å². The van der Waals surface area contributed by atoms with Crippen molar-refractivity contribution < 1.29 is 14.7 Å². The van der Waals surface area contributed by atoms with Crippen molar-refractivity contribution in [3.05, 3.63) is 0 Å². The van der Waals surface area contributed by atoms with E-state index in [1.165, 1.54) is 0 Å². The summed E-state index contributed by atoms with van der Waals surface area (Å²) in [5.41, 5.74) is 5.76. The highest BCUT2D eigenvalue weighted by Gasteiger charge is 2.28. The van der Waals surface area contributed by atoms with Gasteiger partial charge < -0.3 is 16.2 Å². The van der Waals surface area contributed by atoms with Gasteiger partial charge in [-0.05, 0) is 11.8 Å². The smallest absolute Gasteiger partial charge is 0.326 e. The first-order chi connectivity index (χ1) is 7.84. The van der Waals surface area contributed by atoms with Gasteiger partial charge >= 0.3 is 5.97 Å². The summed E-state index contributed by atoms with van der Waals surface area (Å²) in [6.45, 7) is 7.51. The van der Waals surface area contributed by atoms with Gasteiger partial charge in [0.25, 0.3) is 0 Å². The fraction of sp³-hybridized carbons (Fsp3) is 0.833. The molecule has 0 rings (SSSR count). The van der Waals surface area contributed by atoms with E-state index in [-0.39, 0.29) is 17.7 Å². The quantitative estimate of drug-likeness (QED) is 0.622. The molecule has 0 heterocycles. The molecule has 100 valence electrons. The zero-order valence-corrected chi connectivity index (χ0v) is 11.1. The highest BCUT2D eigenvalue weighted by molar-refractivity contribution is 5.87. The normalized spacial score (nSPS) is 17.9. The molecule has 5 nitrogen and oxygen atoms in total. The topological polar surface area (TPSA) is 92.4 Å². The van der Waals surface area contributed by atoms with E-state index in [2.05, 4.69) is 5.32 Å². The summed E-state index contributed by atoms with van der Waals surface area (Å²) in [5, 5.41) is 11.6. The van der Waals surface area contributed by atoms with Crippen molar-refractivity contribution in [2.24, 2.45) is 17.6 Å². The van der Waals surface area contributed by atoms with Crippen LogP contribution in [0.15, 0.2) is 0 Å². The van der Waals surface area contributed by atoms with Crippen LogP contribution in [-0.4, -0.2) is 29.1 Å². The predicted molar refractivity (Wildman–Crippen MR) is 66.5 cm³/mol. The third-order valence-electron chi connectivity index (χ3n) is 3.34. The van der Waals surface area contributed by atoms with Gasteiger partial charge in [-0.1, -0.05) is 40.5 Å². The van der Waals surface area contributed by atoms with Gasteiger partial charge in [-0.15, -0.1) is 0 Å². The molecule has 4 atom stereocenters. The van der Waals surface area contributed by atoms with Gasteiger partial charge in [0.05, 0.1) is 6.04 Å². The Hall–Kier alpha value is -1.10. The van der Waals surface area contributed by atoms with Crippen molar-refractivity contribution in [2.75, 3.05) is 0 Å². The van der Waals surface area contributed by atoms with Crippen LogP contribution < -0.4 is 11.1 Å². The van der Waals surface area contributed by atoms with Crippen molar-refractivity contribution in [2.45, 2.75) is 52.6 Å². The second-order valence-electron chi connectivity index (χ2n) is 4.62. The van der Waals surface area contributed by atoms with Crippen molar-refractivity contribution in [3.63, 3.8) is 0 Å². The molecule has 0 aliphatic carbocycles. The SMILES string of the molecule is CCC(C)[C@H](NC(=O)[C@@H](N)[C@@H](C)CC)C(=O)O. The molecule has 0 radical (unpaired) electrons. The highest BCUT2D eigenvalue weighted by atomic mass is 16.4. The Balaban J connectivity index is 4.56. The van der Waals surface area contributed by atoms with Crippen molar-refractivity contribution >= 4 is 11.9 Å². The molecule has 1 amide bonds. The Morgan fingerprint density at radius 3 is 2.00 bits per heavy atom. The third-order valence-corrected chi connectivity index (χ3v) is 3.34. The van der Waals surface area contributed by atoms with Crippen LogP contribution in [0.4, 0.5) is 0 Å². The van der Waals surface area contributed by atoms with E-state index in [1.54, 1.807) is 6.92 Å². The minimum atomic E-state index is -1.01. The molecule has 0 fully saturated rings. The number of aliphatic carboxylic acids is 1. The van der Waals surface area contributed by atoms with Crippen LogP contribution >= 0.6 is 0 Å². The van der Waals surface area contributed by atoms with E-state index < -0.39 is 18.1 Å². The molecule has 17 heavy (non-hydrogen) atoms. The number of carbonyl (C=O) groups excluding carboxylic acids is 1. The minimum Gasteiger partial charge on any atom is -0.480 e. The summed E-state index contributed by atoms with van der Waals surface area (Å²) in [4.78, 5) is 22.8. The molecule has 0 aromatic carbocycles. The van der Waals surface area contributed by atoms with Crippen LogP contribution in [0, 0.1) is 11.8 Å². The molecular formula is C12H24N2O3. The van der Waals surface area contributed by atoms with Crippen LogP contribution in [-0.2, 0) is 9.59 Å². The lowest BCUT2D eigenvalue weighted by atomic mass is 9.96. The summed E-state index contributed by atoms with van der Waals surface area (Å²) >= 11 is 0. The Morgan fingerprint density at radius 1 is 1.18 bits per heavy atom. The van der Waals surface area contributed by atoms with Gasteiger partial charge in [0.1, 0.15) is 6.04 Å². The molecule has 1 unspecified atom stereocenters. The van der Waals surface area contributed by atoms with Gasteiger partial charge in [-0.25, -0.2) is 4.79 Å². The fourth-order valence-electron chi connectivity index (χ4n) is 1.44. The number of hydrogen-bond acceptors (Lipinski definition) is 3. The van der Waals surface area contributed by atoms with Gasteiger partial charge in [-0.3, -0.25) is 4.79 Å². The lowest BCUT2D eigenvalue weighted by molar-refractivity contribution is -0.143. The summed E-state index contributed by atoms with van der Waals surface area (Å²) in [5.74, 6) is -1.46. The molecular weight excluding hydrogens is 220 g/mol. The lowest BCUT2D eigenvalue weighted by Crippen LogP contribution is -2.52. The molecule has 0 bridgehead atoms. The molecule has 0 saturated carbocycles. The maximum Gasteiger partial charge on any atom is 0.326 e. The molecule has 0 aliphatic heterocycles. The molecule has 0 spiro atoms. The van der Waals surface area contributed by atoms with E-state index in [9.17, 15) is 9.59 Å². The number of amides is 1. The molecule has 0 aromatic rings. The maximum atomic E-state index is 11.8. The number of nitrogens with two attached hydrogens (primary N) is 1. The number of carboxylic acid groups (broad SMARTS) is 1. The van der Waals surface area contributed by atoms with Crippen LogP contribution in [0.5, 0.6) is 0 Å². The van der Waals surface area contributed by atoms with Crippen LogP contribution in [0.1, 0.15) is 40.5 Å². The molecule has 5 heteroatoms. The number of hydrogen-bond donors (Lipinski definition) is 3. The first kappa shape index (κ1) is 15.9. The zero-order chi connectivity index (χ0) is 13.6. The first-order valence-corrected chi connectivity index (χ1v) is 6.13. The van der Waals surface area contributed by atoms with Gasteiger partial charge in [0.15, 0.2) is 0 Å². The largest absolute Gasteiger partial charge is 0.480 e. The van der Waals surface area contributed by atoms with Crippen LogP contribution in [0.3, 0.4) is 0 Å². The van der Waals surface area contributed by atoms with Crippen molar-refractivity contribution in [3.8, 4) is 0 Å². The monoisotopic (exact) mass is 244 g/mol. The van der Waals surface area contributed by atoms with E-state index in [0.29, 0.717) is 6.42 Å². The van der Waals surface area contributed by atoms with E-state index in [0.717, 1.165) is 6.42 Å². The Kier molecular flexibility index (Phi) is 6.80. The Morgan fingerprint density at radius 2 is 1.65 bits per heavy atom. The van der Waals surface area contributed by atoms with E-state index >= 15 is 0 Å². The van der Waals surface area contributed by atoms with Crippen LogP contribution in [0.2, 0.25) is 0 Å². The predicted octanol–water partition coefficient (Wildman–Crippen LogP) is 0.975. The van der Waals surface area contributed by atoms with Crippen molar-refractivity contribution in [1.29, 1.82) is 0 Å². The maximum absolute atomic E-state index is 11.8. The van der Waals surface area contributed by atoms with Crippen molar-refractivity contribution in [1.82, 2.24) is 5.32 Å². The average molecular weight is 244 g/mol. The molecule has 0 aliphatic rings. The zero-order valence-electron chi connectivity index (χ0n) is 11.1. The number of rotatable bonds is 7. The Bertz CT molecular complexity index is 268. The van der Waals surface area contributed by atoms with E-state index in [1.807, 2.05) is 20.8 Å². The fourth-order valence-corrected chi connectivity index (χ4v) is 1.44. The summed E-state index contributed by atoms with van der Waals surface area (Å²) in [6, 6.07) is -1.51. The third kappa shape index (κ3) is 4.73. The molecule has 4 N–H and O–H groups in total. The molecule has 0 saturated heterocycles. The summed E-state index contributed by atoms with van der Waals surface area (Å²) in [7, 11) is 0. The minimum absolute atomic E-state index is 0.0429. The summed E-state index contributed by atoms with van der Waals surface area (Å²) < 4.78 is 0. The Labute approximate surface area is 103 Å². The number of carbonyl (C=O) groups is 2. The second-order valence-corrected chi connectivity index (χ2v) is 4.62. The molecule has 0 aromatic heterocycles. The van der Waals surface area contributed by atoms with Gasteiger partial charge in [-0.2, -0.15) is 0 Å². The lowest BCUT2D eigenvalue weighted by Gasteiger charge is -2.24. The average Bonchev–Trinajstić information content (AvgIpc) is 2.32. The summed E-state index contributed by atoms with van der Waals surface area (Å²) in [6.07, 6.45) is 1.48. The second kappa shape index (κ2) is 7.27. The number of nitrogens with one attached hydrogen (secondary N) is 1. The van der Waals surface area contributed by atoms with Gasteiger partial charge in [0.2, 0.25) is 5.91 Å². The number of carboxylic acids is 1.